The predicted octanol–water partition coefficient (Wildman–Crippen LogP) is 2.28. The minimum absolute atomic E-state index is 0.611. The zero-order chi connectivity index (χ0) is 12.8. The van der Waals surface area contributed by atoms with Crippen LogP contribution in [0.25, 0.3) is 0 Å². The second-order valence-electron chi connectivity index (χ2n) is 5.91. The lowest BCUT2D eigenvalue weighted by Crippen LogP contribution is -2.23. The summed E-state index contributed by atoms with van der Waals surface area (Å²) in [6.07, 6.45) is 4.16. The van der Waals surface area contributed by atoms with Gasteiger partial charge in [0.25, 0.3) is 0 Å². The minimum atomic E-state index is 0.611. The predicted molar refractivity (Wildman–Crippen MR) is 74.9 cm³/mol. The van der Waals surface area contributed by atoms with Gasteiger partial charge in [-0.15, -0.1) is 0 Å². The Bertz CT molecular complexity index is 491. The largest absolute Gasteiger partial charge is 0.486 e. The van der Waals surface area contributed by atoms with E-state index in [2.05, 4.69) is 11.0 Å². The fourth-order valence-corrected chi connectivity index (χ4v) is 3.80. The monoisotopic (exact) mass is 260 g/mol. The van der Waals surface area contributed by atoms with E-state index in [-0.39, 0.29) is 0 Å². The summed E-state index contributed by atoms with van der Waals surface area (Å²) in [4.78, 5) is 2.43. The van der Waals surface area contributed by atoms with E-state index in [1.165, 1.54) is 19.3 Å². The Morgan fingerprint density at radius 2 is 1.63 bits per heavy atom. The van der Waals surface area contributed by atoms with Crippen LogP contribution in [0.15, 0.2) is 12.1 Å². The molecular formula is C15H20N2O2. The van der Waals surface area contributed by atoms with Crippen LogP contribution in [-0.4, -0.2) is 26.3 Å². The maximum atomic E-state index is 6.20. The lowest BCUT2D eigenvalue weighted by Gasteiger charge is -2.25. The molecule has 2 fully saturated rings. The number of nitrogens with zero attached hydrogens (tertiary/aromatic N) is 1. The third-order valence-corrected chi connectivity index (χ3v) is 4.76. The molecule has 4 rings (SSSR count). The van der Waals surface area contributed by atoms with Crippen molar-refractivity contribution in [2.75, 3.05) is 36.9 Å². The summed E-state index contributed by atoms with van der Waals surface area (Å²) in [6, 6.07) is 3.97. The van der Waals surface area contributed by atoms with Gasteiger partial charge in [-0.1, -0.05) is 6.42 Å². The van der Waals surface area contributed by atoms with Crippen LogP contribution in [-0.2, 0) is 0 Å². The normalized spacial score (nSPS) is 28.5. The van der Waals surface area contributed by atoms with Crippen LogP contribution in [0.1, 0.15) is 19.3 Å². The van der Waals surface area contributed by atoms with Crippen molar-refractivity contribution < 1.29 is 9.47 Å². The van der Waals surface area contributed by atoms with Gasteiger partial charge in [-0.2, -0.15) is 0 Å². The lowest BCUT2D eigenvalue weighted by molar-refractivity contribution is 0.172. The number of nitrogen functional groups attached to an aromatic ring is 1. The van der Waals surface area contributed by atoms with Gasteiger partial charge < -0.3 is 20.1 Å². The van der Waals surface area contributed by atoms with Gasteiger partial charge in [0, 0.05) is 25.2 Å². The third-order valence-electron chi connectivity index (χ3n) is 4.76. The van der Waals surface area contributed by atoms with E-state index in [4.69, 9.17) is 15.2 Å². The zero-order valence-corrected chi connectivity index (χ0v) is 11.1. The summed E-state index contributed by atoms with van der Waals surface area (Å²) < 4.78 is 11.2. The van der Waals surface area contributed by atoms with Crippen LogP contribution in [0.4, 0.5) is 11.4 Å². The molecule has 0 spiro atoms. The standard InChI is InChI=1S/C15H20N2O2/c16-12-6-14-15(19-5-4-18-14)7-13(12)17-8-10-2-1-3-11(10)9-17/h6-7,10-11H,1-5,8-9,16H2. The van der Waals surface area contributed by atoms with Crippen molar-refractivity contribution in [3.8, 4) is 11.5 Å². The van der Waals surface area contributed by atoms with Gasteiger partial charge in [-0.05, 0) is 24.7 Å². The van der Waals surface area contributed by atoms with Crippen molar-refractivity contribution in [2.45, 2.75) is 19.3 Å². The summed E-state index contributed by atoms with van der Waals surface area (Å²) in [5, 5.41) is 0. The number of rotatable bonds is 1. The topological polar surface area (TPSA) is 47.7 Å². The molecule has 0 bridgehead atoms. The molecule has 0 radical (unpaired) electrons. The average Bonchev–Trinajstić information content (AvgIpc) is 2.98. The highest BCUT2D eigenvalue weighted by molar-refractivity contribution is 5.73. The molecule has 2 aliphatic heterocycles. The van der Waals surface area contributed by atoms with E-state index in [1.54, 1.807) is 0 Å². The average molecular weight is 260 g/mol. The molecule has 1 aromatic carbocycles. The Balaban J connectivity index is 1.64. The first-order valence-electron chi connectivity index (χ1n) is 7.25. The Morgan fingerprint density at radius 1 is 1.00 bits per heavy atom. The fraction of sp³-hybridized carbons (Fsp3) is 0.600. The molecule has 4 heteroatoms. The van der Waals surface area contributed by atoms with Gasteiger partial charge in [0.2, 0.25) is 0 Å². The van der Waals surface area contributed by atoms with Gasteiger partial charge in [-0.25, -0.2) is 0 Å². The van der Waals surface area contributed by atoms with Crippen molar-refractivity contribution in [2.24, 2.45) is 11.8 Å². The van der Waals surface area contributed by atoms with Gasteiger partial charge in [0.05, 0.1) is 11.4 Å². The molecule has 102 valence electrons. The van der Waals surface area contributed by atoms with Crippen LogP contribution in [0.5, 0.6) is 11.5 Å². The number of hydrogen-bond donors (Lipinski definition) is 1. The van der Waals surface area contributed by atoms with E-state index in [0.717, 1.165) is 47.8 Å². The molecule has 1 aliphatic carbocycles. The first-order chi connectivity index (χ1) is 9.31. The van der Waals surface area contributed by atoms with Crippen LogP contribution >= 0.6 is 0 Å². The molecule has 1 aromatic rings. The van der Waals surface area contributed by atoms with Crippen LogP contribution < -0.4 is 20.1 Å². The highest BCUT2D eigenvalue weighted by Crippen LogP contribution is 2.44. The van der Waals surface area contributed by atoms with Gasteiger partial charge >= 0.3 is 0 Å². The number of benzene rings is 1. The molecule has 3 aliphatic rings. The number of ether oxygens (including phenoxy) is 2. The van der Waals surface area contributed by atoms with Crippen molar-refractivity contribution in [1.29, 1.82) is 0 Å². The Labute approximate surface area is 113 Å². The number of nitrogens with two attached hydrogens (primary N) is 1. The highest BCUT2D eigenvalue weighted by Gasteiger charge is 2.37. The van der Waals surface area contributed by atoms with E-state index in [9.17, 15) is 0 Å². The molecule has 2 heterocycles. The Morgan fingerprint density at radius 3 is 2.32 bits per heavy atom. The van der Waals surface area contributed by atoms with Crippen LogP contribution in [0.2, 0.25) is 0 Å². The molecule has 2 atom stereocenters. The maximum absolute atomic E-state index is 6.20. The number of anilines is 2. The summed E-state index contributed by atoms with van der Waals surface area (Å²) in [5.74, 6) is 3.36. The molecule has 0 amide bonds. The van der Waals surface area contributed by atoms with Gasteiger partial charge in [-0.3, -0.25) is 0 Å². The number of fused-ring (bicyclic) bond motifs is 2. The van der Waals surface area contributed by atoms with E-state index in [0.29, 0.717) is 13.2 Å². The van der Waals surface area contributed by atoms with Gasteiger partial charge in [0.15, 0.2) is 11.5 Å². The van der Waals surface area contributed by atoms with Crippen molar-refractivity contribution in [3.63, 3.8) is 0 Å². The molecule has 4 nitrogen and oxygen atoms in total. The quantitative estimate of drug-likeness (QED) is 0.787. The Hall–Kier alpha value is -1.58. The summed E-state index contributed by atoms with van der Waals surface area (Å²) in [7, 11) is 0. The first kappa shape index (κ1) is 11.3. The molecule has 19 heavy (non-hydrogen) atoms. The molecule has 2 unspecified atom stereocenters. The van der Waals surface area contributed by atoms with Crippen molar-refractivity contribution >= 4 is 11.4 Å². The first-order valence-corrected chi connectivity index (χ1v) is 7.25. The zero-order valence-electron chi connectivity index (χ0n) is 11.1. The van der Waals surface area contributed by atoms with Crippen LogP contribution in [0, 0.1) is 11.8 Å². The highest BCUT2D eigenvalue weighted by atomic mass is 16.6. The number of hydrogen-bond acceptors (Lipinski definition) is 4. The smallest absolute Gasteiger partial charge is 0.163 e. The minimum Gasteiger partial charge on any atom is -0.486 e. The second-order valence-corrected chi connectivity index (χ2v) is 5.91. The third kappa shape index (κ3) is 1.81. The molecule has 2 N–H and O–H groups in total. The molecule has 0 aromatic heterocycles. The second kappa shape index (κ2) is 4.22. The van der Waals surface area contributed by atoms with Gasteiger partial charge in [0.1, 0.15) is 13.2 Å². The molecular weight excluding hydrogens is 240 g/mol. The van der Waals surface area contributed by atoms with E-state index >= 15 is 0 Å². The molecule has 1 saturated heterocycles. The summed E-state index contributed by atoms with van der Waals surface area (Å²) >= 11 is 0. The van der Waals surface area contributed by atoms with Crippen molar-refractivity contribution in [3.05, 3.63) is 12.1 Å². The SMILES string of the molecule is Nc1cc2c(cc1N1CC3CCCC3C1)OCCO2. The van der Waals surface area contributed by atoms with E-state index < -0.39 is 0 Å². The Kier molecular flexibility index (Phi) is 2.50. The molecule has 1 saturated carbocycles. The fourth-order valence-electron chi connectivity index (χ4n) is 3.80. The van der Waals surface area contributed by atoms with E-state index in [1.807, 2.05) is 6.07 Å². The maximum Gasteiger partial charge on any atom is 0.163 e. The lowest BCUT2D eigenvalue weighted by atomic mass is 10.0. The summed E-state index contributed by atoms with van der Waals surface area (Å²) in [6.45, 7) is 3.53. The summed E-state index contributed by atoms with van der Waals surface area (Å²) in [5.41, 5.74) is 8.13. The van der Waals surface area contributed by atoms with Crippen LogP contribution in [0.3, 0.4) is 0 Å². The van der Waals surface area contributed by atoms with Crippen molar-refractivity contribution in [1.82, 2.24) is 0 Å².